The van der Waals surface area contributed by atoms with Gasteiger partial charge in [-0.2, -0.15) is 0 Å². The number of nitrogens with zero attached hydrogens (tertiary/aromatic N) is 2. The number of aromatic nitrogens is 2. The summed E-state index contributed by atoms with van der Waals surface area (Å²) >= 11 is 8.34. The van der Waals surface area contributed by atoms with Crippen LogP contribution in [0.15, 0.2) is 24.3 Å². The number of halogens is 3. The molecular formula is C15H15ClFIN2. The number of hydrogen-bond donors (Lipinski definition) is 0. The Balaban J connectivity index is 2.30. The first kappa shape index (κ1) is 15.6. The van der Waals surface area contributed by atoms with Crippen molar-refractivity contribution in [2.45, 2.75) is 26.7 Å². The molecule has 0 radical (unpaired) electrons. The van der Waals surface area contributed by atoms with Crippen LogP contribution in [0.2, 0.25) is 5.15 Å². The van der Waals surface area contributed by atoms with Crippen LogP contribution in [0.4, 0.5) is 4.39 Å². The quantitative estimate of drug-likeness (QED) is 0.547. The van der Waals surface area contributed by atoms with Crippen molar-refractivity contribution < 1.29 is 4.39 Å². The van der Waals surface area contributed by atoms with Gasteiger partial charge in [-0.05, 0) is 52.6 Å². The molecule has 0 aliphatic rings. The van der Waals surface area contributed by atoms with E-state index in [2.05, 4.69) is 46.4 Å². The monoisotopic (exact) mass is 404 g/mol. The summed E-state index contributed by atoms with van der Waals surface area (Å²) in [4.78, 5) is 8.86. The molecule has 5 heteroatoms. The van der Waals surface area contributed by atoms with Crippen molar-refractivity contribution >= 4 is 34.2 Å². The summed E-state index contributed by atoms with van der Waals surface area (Å²) in [6, 6.07) is 6.47. The topological polar surface area (TPSA) is 25.8 Å². The molecule has 0 saturated heterocycles. The highest BCUT2D eigenvalue weighted by Gasteiger charge is 2.12. The molecule has 0 unspecified atom stereocenters. The first-order valence-corrected chi connectivity index (χ1v) is 7.86. The lowest BCUT2D eigenvalue weighted by atomic mass is 10.1. The van der Waals surface area contributed by atoms with E-state index in [1.165, 1.54) is 12.1 Å². The van der Waals surface area contributed by atoms with Gasteiger partial charge in [0.15, 0.2) is 0 Å². The lowest BCUT2D eigenvalue weighted by Crippen LogP contribution is -2.07. The number of benzene rings is 1. The molecule has 20 heavy (non-hydrogen) atoms. The predicted molar refractivity (Wildman–Crippen MR) is 87.5 cm³/mol. The van der Waals surface area contributed by atoms with Gasteiger partial charge in [-0.25, -0.2) is 14.4 Å². The Bertz CT molecular complexity index is 617. The molecule has 0 N–H and O–H groups in total. The summed E-state index contributed by atoms with van der Waals surface area (Å²) in [5.74, 6) is 0.884. The van der Waals surface area contributed by atoms with E-state index in [4.69, 9.17) is 11.6 Å². The van der Waals surface area contributed by atoms with Crippen LogP contribution in [0.5, 0.6) is 0 Å². The average Bonchev–Trinajstić information content (AvgIpc) is 2.35. The van der Waals surface area contributed by atoms with E-state index >= 15 is 0 Å². The van der Waals surface area contributed by atoms with Gasteiger partial charge in [0.25, 0.3) is 0 Å². The fourth-order valence-corrected chi connectivity index (χ4v) is 2.61. The van der Waals surface area contributed by atoms with Gasteiger partial charge in [0.05, 0.1) is 9.26 Å². The van der Waals surface area contributed by atoms with E-state index in [9.17, 15) is 4.39 Å². The van der Waals surface area contributed by atoms with Gasteiger partial charge in [-0.3, -0.25) is 0 Å². The molecule has 2 rings (SSSR count). The zero-order valence-corrected chi connectivity index (χ0v) is 14.2. The Labute approximate surface area is 136 Å². The van der Waals surface area contributed by atoms with Crippen LogP contribution < -0.4 is 0 Å². The van der Waals surface area contributed by atoms with Crippen molar-refractivity contribution in [3.05, 3.63) is 55.9 Å². The molecule has 0 amide bonds. The lowest BCUT2D eigenvalue weighted by Gasteiger charge is -2.10. The minimum atomic E-state index is -0.249. The minimum Gasteiger partial charge on any atom is -0.236 e. The molecule has 0 bridgehead atoms. The molecule has 1 heterocycles. The number of rotatable bonds is 4. The normalized spacial score (nSPS) is 11.1. The highest BCUT2D eigenvalue weighted by Crippen LogP contribution is 2.22. The van der Waals surface area contributed by atoms with E-state index < -0.39 is 0 Å². The van der Waals surface area contributed by atoms with Crippen LogP contribution in [-0.2, 0) is 12.8 Å². The minimum absolute atomic E-state index is 0.249. The second-order valence-electron chi connectivity index (χ2n) is 5.10. The highest BCUT2D eigenvalue weighted by molar-refractivity contribution is 14.1. The standard InChI is InChI=1S/C15H15ClFIN2/c1-9(2)6-12-14(18)15(16)20-13(19-12)8-10-4-3-5-11(17)7-10/h3-5,7,9H,6,8H2,1-2H3. The molecule has 0 fully saturated rings. The molecule has 1 aromatic heterocycles. The van der Waals surface area contributed by atoms with Crippen molar-refractivity contribution in [3.8, 4) is 0 Å². The molecule has 1 aromatic carbocycles. The smallest absolute Gasteiger partial charge is 0.146 e. The van der Waals surface area contributed by atoms with Gasteiger partial charge in [0.1, 0.15) is 16.8 Å². The number of hydrogen-bond acceptors (Lipinski definition) is 2. The fourth-order valence-electron chi connectivity index (χ4n) is 1.94. The molecule has 0 aliphatic heterocycles. The summed E-state index contributed by atoms with van der Waals surface area (Å²) in [5.41, 5.74) is 1.81. The molecule has 0 aliphatic carbocycles. The molecular weight excluding hydrogens is 390 g/mol. The van der Waals surface area contributed by atoms with E-state index in [0.29, 0.717) is 23.3 Å². The first-order chi connectivity index (χ1) is 9.45. The SMILES string of the molecule is CC(C)Cc1nc(Cc2cccc(F)c2)nc(Cl)c1I. The Morgan fingerprint density at radius 2 is 2.05 bits per heavy atom. The van der Waals surface area contributed by atoms with E-state index in [-0.39, 0.29) is 5.82 Å². The Kier molecular flexibility index (Phi) is 5.32. The zero-order valence-electron chi connectivity index (χ0n) is 11.3. The first-order valence-electron chi connectivity index (χ1n) is 6.41. The zero-order chi connectivity index (χ0) is 14.7. The third-order valence-electron chi connectivity index (χ3n) is 2.78. The predicted octanol–water partition coefficient (Wildman–Crippen LogP) is 4.66. The molecule has 0 saturated carbocycles. The third-order valence-corrected chi connectivity index (χ3v) is 4.50. The summed E-state index contributed by atoms with van der Waals surface area (Å²) in [6.07, 6.45) is 1.34. The largest absolute Gasteiger partial charge is 0.236 e. The summed E-state index contributed by atoms with van der Waals surface area (Å²) < 4.78 is 14.1. The van der Waals surface area contributed by atoms with Crippen LogP contribution in [0, 0.1) is 15.3 Å². The Hall–Kier alpha value is -0.750. The van der Waals surface area contributed by atoms with Crippen molar-refractivity contribution in [2.75, 3.05) is 0 Å². The Morgan fingerprint density at radius 3 is 2.70 bits per heavy atom. The van der Waals surface area contributed by atoms with Crippen molar-refractivity contribution in [1.29, 1.82) is 0 Å². The van der Waals surface area contributed by atoms with Gasteiger partial charge in [-0.15, -0.1) is 0 Å². The molecule has 0 atom stereocenters. The Morgan fingerprint density at radius 1 is 1.30 bits per heavy atom. The molecule has 2 nitrogen and oxygen atoms in total. The van der Waals surface area contributed by atoms with Gasteiger partial charge in [0.2, 0.25) is 0 Å². The molecule has 0 spiro atoms. The summed E-state index contributed by atoms with van der Waals surface area (Å²) in [7, 11) is 0. The maximum absolute atomic E-state index is 13.2. The van der Waals surface area contributed by atoms with E-state index in [0.717, 1.165) is 21.2 Å². The summed E-state index contributed by atoms with van der Waals surface area (Å²) in [6.45, 7) is 4.27. The molecule has 106 valence electrons. The lowest BCUT2D eigenvalue weighted by molar-refractivity contribution is 0.624. The van der Waals surface area contributed by atoms with E-state index in [1.54, 1.807) is 6.07 Å². The average molecular weight is 405 g/mol. The van der Waals surface area contributed by atoms with Crippen LogP contribution in [0.1, 0.15) is 30.9 Å². The maximum Gasteiger partial charge on any atom is 0.146 e. The van der Waals surface area contributed by atoms with Crippen molar-refractivity contribution in [3.63, 3.8) is 0 Å². The second kappa shape index (κ2) is 6.80. The van der Waals surface area contributed by atoms with Gasteiger partial charge in [0, 0.05) is 6.42 Å². The highest BCUT2D eigenvalue weighted by atomic mass is 127. The van der Waals surface area contributed by atoms with E-state index in [1.807, 2.05) is 6.07 Å². The maximum atomic E-state index is 13.2. The summed E-state index contributed by atoms with van der Waals surface area (Å²) in [5, 5.41) is 0.475. The molecule has 2 aromatic rings. The third kappa shape index (κ3) is 4.12. The van der Waals surface area contributed by atoms with Crippen LogP contribution >= 0.6 is 34.2 Å². The van der Waals surface area contributed by atoms with Gasteiger partial charge < -0.3 is 0 Å². The van der Waals surface area contributed by atoms with Crippen LogP contribution in [-0.4, -0.2) is 9.97 Å². The van der Waals surface area contributed by atoms with Crippen molar-refractivity contribution in [1.82, 2.24) is 9.97 Å². The van der Waals surface area contributed by atoms with Crippen LogP contribution in [0.25, 0.3) is 0 Å². The van der Waals surface area contributed by atoms with Crippen LogP contribution in [0.3, 0.4) is 0 Å². The van der Waals surface area contributed by atoms with Gasteiger partial charge >= 0.3 is 0 Å². The van der Waals surface area contributed by atoms with Crippen molar-refractivity contribution in [2.24, 2.45) is 5.92 Å². The second-order valence-corrected chi connectivity index (χ2v) is 6.53. The fraction of sp³-hybridized carbons (Fsp3) is 0.333. The van der Waals surface area contributed by atoms with Gasteiger partial charge in [-0.1, -0.05) is 37.6 Å².